The second kappa shape index (κ2) is 10.2. The molecule has 1 aromatic carbocycles. The zero-order chi connectivity index (χ0) is 19.6. The third kappa shape index (κ3) is 6.97. The van der Waals surface area contributed by atoms with Crippen molar-refractivity contribution in [3.63, 3.8) is 0 Å². The number of benzene rings is 1. The maximum Gasteiger partial charge on any atom is 0.330 e. The van der Waals surface area contributed by atoms with Gasteiger partial charge in [0.1, 0.15) is 5.75 Å². The standard InChI is InChI=1S/C20H24N2O5/c1-2-27-19(25)9-7-16(13-15-10-11-21-20(15)26)22-18(24)8-6-14-4-3-5-17(23)12-14/h3-9,12,15-16,23H,2,10-11,13H2,1H3,(H,21,26)(H,22,24)/b8-6+,9-7+. The number of nitrogens with one attached hydrogen (secondary N) is 2. The Kier molecular flexibility index (Phi) is 7.61. The second-order valence-corrected chi connectivity index (χ2v) is 6.17. The number of amides is 2. The average molecular weight is 372 g/mol. The average Bonchev–Trinajstić information content (AvgIpc) is 3.03. The molecule has 0 aliphatic carbocycles. The van der Waals surface area contributed by atoms with Crippen molar-refractivity contribution in [1.29, 1.82) is 0 Å². The minimum Gasteiger partial charge on any atom is -0.508 e. The van der Waals surface area contributed by atoms with E-state index in [1.807, 2.05) is 0 Å². The fourth-order valence-electron chi connectivity index (χ4n) is 2.78. The molecule has 0 bridgehead atoms. The summed E-state index contributed by atoms with van der Waals surface area (Å²) in [5.41, 5.74) is 0.680. The summed E-state index contributed by atoms with van der Waals surface area (Å²) in [7, 11) is 0. The van der Waals surface area contributed by atoms with Crippen LogP contribution in [0, 0.1) is 5.92 Å². The molecule has 1 aromatic rings. The van der Waals surface area contributed by atoms with Crippen molar-refractivity contribution in [2.75, 3.05) is 13.2 Å². The topological polar surface area (TPSA) is 105 Å². The fourth-order valence-corrected chi connectivity index (χ4v) is 2.78. The van der Waals surface area contributed by atoms with E-state index in [9.17, 15) is 19.5 Å². The van der Waals surface area contributed by atoms with Crippen LogP contribution in [0.3, 0.4) is 0 Å². The van der Waals surface area contributed by atoms with Crippen LogP contribution < -0.4 is 10.6 Å². The lowest BCUT2D eigenvalue weighted by atomic mass is 9.98. The van der Waals surface area contributed by atoms with E-state index in [1.54, 1.807) is 37.3 Å². The Hall–Kier alpha value is -3.09. The molecule has 2 amide bonds. The molecule has 2 atom stereocenters. The molecule has 3 N–H and O–H groups in total. The van der Waals surface area contributed by atoms with E-state index in [4.69, 9.17) is 4.74 Å². The Balaban J connectivity index is 2.01. The van der Waals surface area contributed by atoms with Crippen LogP contribution in [0.2, 0.25) is 0 Å². The van der Waals surface area contributed by atoms with Gasteiger partial charge < -0.3 is 20.5 Å². The molecule has 0 aromatic heterocycles. The molecule has 1 aliphatic rings. The molecule has 0 radical (unpaired) electrons. The molecule has 7 nitrogen and oxygen atoms in total. The maximum atomic E-state index is 12.2. The second-order valence-electron chi connectivity index (χ2n) is 6.17. The van der Waals surface area contributed by atoms with Gasteiger partial charge in [0.15, 0.2) is 0 Å². The molecule has 144 valence electrons. The van der Waals surface area contributed by atoms with Gasteiger partial charge >= 0.3 is 5.97 Å². The Morgan fingerprint density at radius 3 is 2.89 bits per heavy atom. The minimum absolute atomic E-state index is 0.0471. The number of esters is 1. The summed E-state index contributed by atoms with van der Waals surface area (Å²) in [6.45, 7) is 2.58. The quantitative estimate of drug-likeness (QED) is 0.474. The first-order valence-corrected chi connectivity index (χ1v) is 8.88. The molecular weight excluding hydrogens is 348 g/mol. The third-order valence-corrected chi connectivity index (χ3v) is 4.08. The number of ether oxygens (including phenoxy) is 1. The molecule has 0 spiro atoms. The first-order valence-electron chi connectivity index (χ1n) is 8.88. The van der Waals surface area contributed by atoms with E-state index in [0.29, 0.717) is 24.9 Å². The van der Waals surface area contributed by atoms with Crippen molar-refractivity contribution in [3.05, 3.63) is 48.1 Å². The summed E-state index contributed by atoms with van der Waals surface area (Å²) >= 11 is 0. The molecule has 27 heavy (non-hydrogen) atoms. The number of carbonyl (C=O) groups is 3. The van der Waals surface area contributed by atoms with Gasteiger partial charge in [0, 0.05) is 30.7 Å². The predicted octanol–water partition coefficient (Wildman–Crippen LogP) is 1.54. The monoisotopic (exact) mass is 372 g/mol. The number of hydrogen-bond donors (Lipinski definition) is 3. The van der Waals surface area contributed by atoms with Crippen molar-refractivity contribution >= 4 is 23.9 Å². The van der Waals surface area contributed by atoms with Gasteiger partial charge in [-0.3, -0.25) is 9.59 Å². The Bertz CT molecular complexity index is 742. The largest absolute Gasteiger partial charge is 0.508 e. The van der Waals surface area contributed by atoms with Crippen molar-refractivity contribution in [2.24, 2.45) is 5.92 Å². The first kappa shape index (κ1) is 20.2. The molecule has 1 aliphatic heterocycles. The number of rotatable bonds is 8. The zero-order valence-electron chi connectivity index (χ0n) is 15.2. The summed E-state index contributed by atoms with van der Waals surface area (Å²) in [5.74, 6) is -1.01. The molecule has 1 heterocycles. The van der Waals surface area contributed by atoms with Crippen LogP contribution in [0.25, 0.3) is 6.08 Å². The summed E-state index contributed by atoms with van der Waals surface area (Å²) in [6, 6.07) is 6.02. The van der Waals surface area contributed by atoms with E-state index in [1.165, 1.54) is 18.2 Å². The van der Waals surface area contributed by atoms with Gasteiger partial charge in [-0.2, -0.15) is 0 Å². The number of phenolic OH excluding ortho intramolecular Hbond substituents is 1. The highest BCUT2D eigenvalue weighted by Crippen LogP contribution is 2.17. The molecule has 2 unspecified atom stereocenters. The van der Waals surface area contributed by atoms with Crippen LogP contribution >= 0.6 is 0 Å². The predicted molar refractivity (Wildman–Crippen MR) is 101 cm³/mol. The van der Waals surface area contributed by atoms with Gasteiger partial charge in [-0.1, -0.05) is 18.2 Å². The summed E-state index contributed by atoms with van der Waals surface area (Å²) in [5, 5.41) is 15.0. The summed E-state index contributed by atoms with van der Waals surface area (Å²) < 4.78 is 4.85. The van der Waals surface area contributed by atoms with Gasteiger partial charge in [0.25, 0.3) is 0 Å². The minimum atomic E-state index is -0.497. The molecule has 1 saturated heterocycles. The normalized spacial score (nSPS) is 17.8. The van der Waals surface area contributed by atoms with Crippen LogP contribution in [-0.4, -0.2) is 42.1 Å². The van der Waals surface area contributed by atoms with E-state index in [0.717, 1.165) is 0 Å². The Labute approximate surface area is 158 Å². The van der Waals surface area contributed by atoms with Gasteiger partial charge in [0.05, 0.1) is 6.61 Å². The SMILES string of the molecule is CCOC(=O)/C=C/C(CC1CCNC1=O)NC(=O)/C=C/c1cccc(O)c1. The number of phenols is 1. The van der Waals surface area contributed by atoms with Crippen LogP contribution in [0.1, 0.15) is 25.3 Å². The highest BCUT2D eigenvalue weighted by atomic mass is 16.5. The smallest absolute Gasteiger partial charge is 0.330 e. The fraction of sp³-hybridized carbons (Fsp3) is 0.350. The lowest BCUT2D eigenvalue weighted by Crippen LogP contribution is -2.35. The summed E-state index contributed by atoms with van der Waals surface area (Å²) in [4.78, 5) is 35.6. The van der Waals surface area contributed by atoms with Crippen molar-refractivity contribution in [2.45, 2.75) is 25.8 Å². The Morgan fingerprint density at radius 1 is 1.41 bits per heavy atom. The van der Waals surface area contributed by atoms with Crippen LogP contribution in [0.15, 0.2) is 42.5 Å². The van der Waals surface area contributed by atoms with Crippen LogP contribution in [0.4, 0.5) is 0 Å². The number of aromatic hydroxyl groups is 1. The molecule has 0 saturated carbocycles. The van der Waals surface area contributed by atoms with Crippen molar-refractivity contribution < 1.29 is 24.2 Å². The third-order valence-electron chi connectivity index (χ3n) is 4.08. The van der Waals surface area contributed by atoms with Crippen molar-refractivity contribution in [3.8, 4) is 5.75 Å². The van der Waals surface area contributed by atoms with Crippen LogP contribution in [-0.2, 0) is 19.1 Å². The molecular formula is C20H24N2O5. The van der Waals surface area contributed by atoms with Crippen LogP contribution in [0.5, 0.6) is 5.75 Å². The van der Waals surface area contributed by atoms with E-state index >= 15 is 0 Å². The highest BCUT2D eigenvalue weighted by Gasteiger charge is 2.26. The maximum absolute atomic E-state index is 12.2. The summed E-state index contributed by atoms with van der Waals surface area (Å²) in [6.07, 6.45) is 6.81. The van der Waals surface area contributed by atoms with Gasteiger partial charge in [0.2, 0.25) is 11.8 Å². The first-order chi connectivity index (χ1) is 13.0. The lowest BCUT2D eigenvalue weighted by Gasteiger charge is -2.17. The lowest BCUT2D eigenvalue weighted by molar-refractivity contribution is -0.137. The van der Waals surface area contributed by atoms with Gasteiger partial charge in [-0.15, -0.1) is 0 Å². The molecule has 2 rings (SSSR count). The van der Waals surface area contributed by atoms with Crippen molar-refractivity contribution in [1.82, 2.24) is 10.6 Å². The molecule has 1 fully saturated rings. The van der Waals surface area contributed by atoms with Gasteiger partial charge in [-0.05, 0) is 43.5 Å². The number of carbonyl (C=O) groups excluding carboxylic acids is 3. The molecule has 7 heteroatoms. The van der Waals surface area contributed by atoms with E-state index in [-0.39, 0.29) is 30.1 Å². The highest BCUT2D eigenvalue weighted by molar-refractivity contribution is 5.92. The van der Waals surface area contributed by atoms with Gasteiger partial charge in [-0.25, -0.2) is 4.79 Å². The Morgan fingerprint density at radius 2 is 2.22 bits per heavy atom. The van der Waals surface area contributed by atoms with E-state index in [2.05, 4.69) is 10.6 Å². The van der Waals surface area contributed by atoms with E-state index < -0.39 is 12.0 Å². The zero-order valence-corrected chi connectivity index (χ0v) is 15.2. The number of hydrogen-bond acceptors (Lipinski definition) is 5.